The third-order valence-corrected chi connectivity index (χ3v) is 7.84. The largest absolute Gasteiger partial charge is 0.507 e. The first-order chi connectivity index (χ1) is 20.0. The highest BCUT2D eigenvalue weighted by Gasteiger charge is 2.33. The second-order valence-corrected chi connectivity index (χ2v) is 10.9. The second-order valence-electron chi connectivity index (χ2n) is 10.9. The molecule has 9 nitrogen and oxygen atoms in total. The summed E-state index contributed by atoms with van der Waals surface area (Å²) in [6, 6.07) is 5.72. The number of rotatable bonds is 5. The molecular formula is C31H31F2N5O4. The highest BCUT2D eigenvalue weighted by molar-refractivity contribution is 5.87. The fourth-order valence-corrected chi connectivity index (χ4v) is 5.81. The molecule has 0 spiro atoms. The van der Waals surface area contributed by atoms with E-state index in [-0.39, 0.29) is 28.9 Å². The second kappa shape index (κ2) is 11.0. The number of aromatic hydroxyl groups is 1. The molecule has 11 heteroatoms. The van der Waals surface area contributed by atoms with Gasteiger partial charge in [0.1, 0.15) is 17.3 Å². The van der Waals surface area contributed by atoms with Gasteiger partial charge in [-0.15, -0.1) is 0 Å². The molecule has 1 amide bonds. The van der Waals surface area contributed by atoms with E-state index in [1.807, 2.05) is 20.8 Å². The van der Waals surface area contributed by atoms with Gasteiger partial charge < -0.3 is 10.0 Å². The topological polar surface area (TPSA) is 110 Å². The molecule has 4 aromatic rings. The first kappa shape index (κ1) is 28.8. The van der Waals surface area contributed by atoms with E-state index in [1.165, 1.54) is 22.8 Å². The number of phenols is 1. The average molecular weight is 576 g/mol. The van der Waals surface area contributed by atoms with Crippen LogP contribution in [0.2, 0.25) is 0 Å². The van der Waals surface area contributed by atoms with Gasteiger partial charge in [0.2, 0.25) is 5.91 Å². The Balaban J connectivity index is 1.89. The van der Waals surface area contributed by atoms with Crippen LogP contribution in [-0.2, 0) is 4.79 Å². The quantitative estimate of drug-likeness (QED) is 0.275. The lowest BCUT2D eigenvalue weighted by molar-refractivity contribution is -0.128. The number of hydrogen-bond acceptors (Lipinski definition) is 6. The number of likely N-dealkylation sites (tertiary alicyclic amines) is 1. The molecule has 1 saturated heterocycles. The van der Waals surface area contributed by atoms with E-state index in [4.69, 9.17) is 0 Å². The van der Waals surface area contributed by atoms with Crippen LogP contribution >= 0.6 is 0 Å². The Kier molecular flexibility index (Phi) is 7.53. The highest BCUT2D eigenvalue weighted by Crippen LogP contribution is 2.36. The van der Waals surface area contributed by atoms with Crippen LogP contribution in [0, 0.1) is 24.5 Å². The molecule has 42 heavy (non-hydrogen) atoms. The summed E-state index contributed by atoms with van der Waals surface area (Å²) in [6.07, 6.45) is 3.13. The molecule has 0 radical (unpaired) electrons. The van der Waals surface area contributed by atoms with E-state index in [0.29, 0.717) is 36.5 Å². The van der Waals surface area contributed by atoms with Crippen LogP contribution in [0.25, 0.3) is 28.1 Å². The maximum absolute atomic E-state index is 15.9. The van der Waals surface area contributed by atoms with Gasteiger partial charge in [0, 0.05) is 31.4 Å². The van der Waals surface area contributed by atoms with Gasteiger partial charge in [-0.05, 0) is 55.0 Å². The summed E-state index contributed by atoms with van der Waals surface area (Å²) < 4.78 is 33.2. The van der Waals surface area contributed by atoms with Gasteiger partial charge in [0.25, 0.3) is 0 Å². The number of nitrogens with zero attached hydrogens (tertiary/aromatic N) is 5. The summed E-state index contributed by atoms with van der Waals surface area (Å²) in [5.74, 6) is -3.12. The Bertz CT molecular complexity index is 1840. The Morgan fingerprint density at radius 2 is 1.90 bits per heavy atom. The van der Waals surface area contributed by atoms with Crippen molar-refractivity contribution in [1.29, 1.82) is 0 Å². The van der Waals surface area contributed by atoms with Crippen molar-refractivity contribution >= 4 is 17.1 Å². The minimum atomic E-state index is -0.986. The molecule has 5 rings (SSSR count). The van der Waals surface area contributed by atoms with Gasteiger partial charge in [-0.25, -0.2) is 13.8 Å². The molecule has 4 heterocycles. The van der Waals surface area contributed by atoms with Crippen molar-refractivity contribution in [2.45, 2.75) is 46.1 Å². The number of carbonyl (C=O) groups excluding carboxylic acids is 1. The maximum Gasteiger partial charge on any atom is 0.322 e. The molecule has 2 atom stereocenters. The molecule has 0 saturated carbocycles. The van der Waals surface area contributed by atoms with Crippen LogP contribution in [0.15, 0.2) is 58.8 Å². The Hall–Kier alpha value is -4.67. The Labute approximate surface area is 240 Å². The molecular weight excluding hydrogens is 544 g/mol. The minimum Gasteiger partial charge on any atom is -0.507 e. The predicted molar refractivity (Wildman–Crippen MR) is 155 cm³/mol. The fraction of sp³-hybridized carbons (Fsp3) is 0.323. The zero-order valence-electron chi connectivity index (χ0n) is 23.8. The average Bonchev–Trinajstić information content (AvgIpc) is 2.95. The molecule has 1 fully saturated rings. The fourth-order valence-electron chi connectivity index (χ4n) is 5.81. The summed E-state index contributed by atoms with van der Waals surface area (Å²) in [5, 5.41) is 10.5. The highest BCUT2D eigenvalue weighted by atomic mass is 19.1. The first-order valence-corrected chi connectivity index (χ1v) is 13.7. The normalized spacial score (nSPS) is 17.2. The van der Waals surface area contributed by atoms with Crippen LogP contribution in [0.5, 0.6) is 5.75 Å². The van der Waals surface area contributed by atoms with E-state index in [9.17, 15) is 23.9 Å². The van der Waals surface area contributed by atoms with Gasteiger partial charge in [0.05, 0.1) is 22.5 Å². The molecule has 1 N–H and O–H groups in total. The maximum atomic E-state index is 15.9. The van der Waals surface area contributed by atoms with Gasteiger partial charge in [0.15, 0.2) is 11.5 Å². The lowest BCUT2D eigenvalue weighted by Crippen LogP contribution is -2.49. The zero-order valence-corrected chi connectivity index (χ0v) is 23.8. The molecule has 1 aliphatic rings. The molecule has 3 aromatic heterocycles. The standard InChI is InChI=1S/C31H31F2N5O4/c1-6-24(40)36-13-11-21(18(5)15-36)37-22-14-20(33)27(25-19(32)8-7-9-23(25)39)35-29(22)38(31(42)30(37)41)28-17(4)10-12-34-26(28)16(2)3/h6-10,12,14,16,18,21,39H,1,11,13,15H2,2-5H3/t18-,21?/m1/s1. The Morgan fingerprint density at radius 3 is 2.55 bits per heavy atom. The third kappa shape index (κ3) is 4.68. The van der Waals surface area contributed by atoms with Gasteiger partial charge >= 0.3 is 11.1 Å². The van der Waals surface area contributed by atoms with E-state index < -0.39 is 45.8 Å². The van der Waals surface area contributed by atoms with Gasteiger partial charge in [-0.1, -0.05) is 33.4 Å². The van der Waals surface area contributed by atoms with Crippen molar-refractivity contribution in [2.24, 2.45) is 5.92 Å². The molecule has 1 aliphatic heterocycles. The monoisotopic (exact) mass is 575 g/mol. The SMILES string of the molecule is C=CC(=O)N1CCC(n2c(=O)c(=O)n(-c3c(C)ccnc3C(C)C)c3nc(-c4c(O)cccc4F)c(F)cc32)[C@H](C)C1. The van der Waals surface area contributed by atoms with Crippen LogP contribution in [0.4, 0.5) is 8.78 Å². The summed E-state index contributed by atoms with van der Waals surface area (Å²) >= 11 is 0. The van der Waals surface area contributed by atoms with Crippen LogP contribution in [0.1, 0.15) is 50.4 Å². The number of pyridine rings is 2. The predicted octanol–water partition coefficient (Wildman–Crippen LogP) is 4.62. The van der Waals surface area contributed by atoms with E-state index in [0.717, 1.165) is 16.7 Å². The van der Waals surface area contributed by atoms with Crippen LogP contribution in [0.3, 0.4) is 0 Å². The number of phenolic OH excluding ortho intramolecular Hbond substituents is 1. The van der Waals surface area contributed by atoms with E-state index in [1.54, 1.807) is 24.1 Å². The Morgan fingerprint density at radius 1 is 1.17 bits per heavy atom. The summed E-state index contributed by atoms with van der Waals surface area (Å²) in [4.78, 5) is 50.7. The molecule has 1 unspecified atom stereocenters. The summed E-state index contributed by atoms with van der Waals surface area (Å²) in [7, 11) is 0. The number of piperidine rings is 1. The van der Waals surface area contributed by atoms with Gasteiger partial charge in [-0.3, -0.25) is 28.5 Å². The summed E-state index contributed by atoms with van der Waals surface area (Å²) in [6.45, 7) is 11.5. The number of benzene rings is 1. The molecule has 0 aliphatic carbocycles. The van der Waals surface area contributed by atoms with Crippen molar-refractivity contribution < 1.29 is 18.7 Å². The van der Waals surface area contributed by atoms with Crippen molar-refractivity contribution in [3.05, 3.63) is 92.8 Å². The number of aromatic nitrogens is 4. The first-order valence-electron chi connectivity index (χ1n) is 13.7. The number of hydrogen-bond donors (Lipinski definition) is 1. The van der Waals surface area contributed by atoms with E-state index in [2.05, 4.69) is 16.5 Å². The smallest absolute Gasteiger partial charge is 0.322 e. The number of fused-ring (bicyclic) bond motifs is 1. The van der Waals surface area contributed by atoms with Crippen LogP contribution in [-0.4, -0.2) is 48.1 Å². The summed E-state index contributed by atoms with van der Waals surface area (Å²) in [5.41, 5.74) is -1.39. The number of carbonyl (C=O) groups is 1. The lowest BCUT2D eigenvalue weighted by atomic mass is 9.93. The minimum absolute atomic E-state index is 0.0231. The molecule has 0 bridgehead atoms. The lowest BCUT2D eigenvalue weighted by Gasteiger charge is -2.37. The van der Waals surface area contributed by atoms with Crippen molar-refractivity contribution in [3.63, 3.8) is 0 Å². The number of amides is 1. The third-order valence-electron chi connectivity index (χ3n) is 7.84. The van der Waals surface area contributed by atoms with E-state index >= 15 is 4.39 Å². The van der Waals surface area contributed by atoms with Gasteiger partial charge in [-0.2, -0.15) is 0 Å². The van der Waals surface area contributed by atoms with Crippen molar-refractivity contribution in [1.82, 2.24) is 24.0 Å². The molecule has 1 aromatic carbocycles. The van der Waals surface area contributed by atoms with Crippen molar-refractivity contribution in [2.75, 3.05) is 13.1 Å². The van der Waals surface area contributed by atoms with Crippen LogP contribution < -0.4 is 11.1 Å². The number of aryl methyl sites for hydroxylation is 1. The molecule has 218 valence electrons. The van der Waals surface area contributed by atoms with Crippen molar-refractivity contribution in [3.8, 4) is 22.7 Å². The zero-order chi connectivity index (χ0) is 30.5. The number of halogens is 2.